The average molecular weight is 487 g/mol. The Morgan fingerprint density at radius 2 is 2.03 bits per heavy atom. The van der Waals surface area contributed by atoms with Crippen molar-refractivity contribution in [1.29, 1.82) is 0 Å². The van der Waals surface area contributed by atoms with Gasteiger partial charge >= 0.3 is 0 Å². The number of fused-ring (bicyclic) bond motifs is 1. The molecule has 1 aliphatic rings. The Kier molecular flexibility index (Phi) is 7.14. The van der Waals surface area contributed by atoms with Crippen LogP contribution >= 0.6 is 11.6 Å². The third kappa shape index (κ3) is 5.57. The monoisotopic (exact) mass is 486 g/mol. The van der Waals surface area contributed by atoms with Gasteiger partial charge in [-0.15, -0.1) is 0 Å². The number of amides is 1. The van der Waals surface area contributed by atoms with Crippen LogP contribution in [0.2, 0.25) is 5.02 Å². The molecule has 3 heterocycles. The highest BCUT2D eigenvalue weighted by Crippen LogP contribution is 2.31. The van der Waals surface area contributed by atoms with Crippen LogP contribution in [0, 0.1) is 0 Å². The Labute approximate surface area is 209 Å². The molecular formula is C27H27ClN6O. The first-order valence-electron chi connectivity index (χ1n) is 12.0. The maximum Gasteiger partial charge on any atom is 0.223 e. The van der Waals surface area contributed by atoms with Gasteiger partial charge in [0.15, 0.2) is 0 Å². The molecule has 35 heavy (non-hydrogen) atoms. The molecule has 8 heteroatoms. The first-order valence-corrected chi connectivity index (χ1v) is 12.3. The minimum absolute atomic E-state index is 0.0203. The summed E-state index contributed by atoms with van der Waals surface area (Å²) in [5, 5.41) is 5.05. The third-order valence-electron chi connectivity index (χ3n) is 6.29. The number of halogens is 1. The van der Waals surface area contributed by atoms with Gasteiger partial charge < -0.3 is 10.2 Å². The summed E-state index contributed by atoms with van der Waals surface area (Å²) in [5.74, 6) is 0.956. The van der Waals surface area contributed by atoms with Crippen molar-refractivity contribution in [3.8, 4) is 0 Å². The molecule has 2 aromatic heterocycles. The summed E-state index contributed by atoms with van der Waals surface area (Å²) in [5.41, 5.74) is 3.73. The Morgan fingerprint density at radius 3 is 2.94 bits per heavy atom. The second-order valence-corrected chi connectivity index (χ2v) is 9.19. The number of likely N-dealkylation sites (tertiary alicyclic amines) is 1. The van der Waals surface area contributed by atoms with Crippen molar-refractivity contribution in [2.75, 3.05) is 18.4 Å². The van der Waals surface area contributed by atoms with E-state index < -0.39 is 0 Å². The standard InChI is InChI=1S/C27H27ClN6O/c28-20-7-3-6-19(14-20)15-21-16-29-17-24(33-21)25-10-5-13-34(25)26(35)11-4-12-30-27-22-8-1-2-9-23(22)31-18-32-27/h1-3,6-9,14,16-18,25H,4-5,10-13,15H2,(H,30,31,32)/t25-/m0/s1. The summed E-state index contributed by atoms with van der Waals surface area (Å²) in [6, 6.07) is 15.7. The highest BCUT2D eigenvalue weighted by atomic mass is 35.5. The molecule has 5 rings (SSSR count). The van der Waals surface area contributed by atoms with Gasteiger partial charge in [-0.05, 0) is 49.1 Å². The summed E-state index contributed by atoms with van der Waals surface area (Å²) >= 11 is 6.12. The Morgan fingerprint density at radius 1 is 1.11 bits per heavy atom. The SMILES string of the molecule is O=C(CCCNc1ncnc2ccccc12)N1CCC[C@H]1c1cncc(Cc2cccc(Cl)c2)n1. The zero-order chi connectivity index (χ0) is 24.0. The number of rotatable bonds is 8. The molecule has 1 amide bonds. The zero-order valence-electron chi connectivity index (χ0n) is 19.4. The first kappa shape index (κ1) is 23.2. The molecule has 1 saturated heterocycles. The number of nitrogens with one attached hydrogen (secondary N) is 1. The summed E-state index contributed by atoms with van der Waals surface area (Å²) in [4.78, 5) is 33.0. The minimum atomic E-state index is -0.0203. The van der Waals surface area contributed by atoms with Crippen molar-refractivity contribution in [2.24, 2.45) is 0 Å². The van der Waals surface area contributed by atoms with Crippen molar-refractivity contribution in [1.82, 2.24) is 24.8 Å². The minimum Gasteiger partial charge on any atom is -0.369 e. The van der Waals surface area contributed by atoms with Crippen molar-refractivity contribution in [2.45, 2.75) is 38.1 Å². The fraction of sp³-hybridized carbons (Fsp3) is 0.296. The largest absolute Gasteiger partial charge is 0.369 e. The molecule has 0 unspecified atom stereocenters. The predicted octanol–water partition coefficient (Wildman–Crippen LogP) is 5.22. The van der Waals surface area contributed by atoms with Crippen molar-refractivity contribution in [3.05, 3.63) is 89.2 Å². The molecule has 1 atom stereocenters. The lowest BCUT2D eigenvalue weighted by Crippen LogP contribution is -2.31. The van der Waals surface area contributed by atoms with Crippen LogP contribution in [-0.4, -0.2) is 43.8 Å². The molecule has 4 aromatic rings. The number of carbonyl (C=O) groups excluding carboxylic acids is 1. The van der Waals surface area contributed by atoms with Crippen LogP contribution in [0.5, 0.6) is 0 Å². The molecule has 1 fully saturated rings. The second kappa shape index (κ2) is 10.8. The van der Waals surface area contributed by atoms with Gasteiger partial charge in [0.1, 0.15) is 12.1 Å². The fourth-order valence-electron chi connectivity index (χ4n) is 4.63. The van der Waals surface area contributed by atoms with E-state index in [4.69, 9.17) is 16.6 Å². The van der Waals surface area contributed by atoms with Gasteiger partial charge in [0.25, 0.3) is 0 Å². The molecule has 0 spiro atoms. The van der Waals surface area contributed by atoms with Crippen LogP contribution in [0.3, 0.4) is 0 Å². The molecule has 1 aliphatic heterocycles. The summed E-state index contributed by atoms with van der Waals surface area (Å²) in [6.07, 6.45) is 8.88. The lowest BCUT2D eigenvalue weighted by molar-refractivity contribution is -0.132. The first-order chi connectivity index (χ1) is 17.2. The summed E-state index contributed by atoms with van der Waals surface area (Å²) < 4.78 is 0. The molecule has 2 aromatic carbocycles. The van der Waals surface area contributed by atoms with Crippen LogP contribution in [0.1, 0.15) is 48.7 Å². The van der Waals surface area contributed by atoms with Gasteiger partial charge in [-0.3, -0.25) is 14.8 Å². The van der Waals surface area contributed by atoms with Crippen LogP contribution in [0.15, 0.2) is 67.3 Å². The Bertz CT molecular complexity index is 1320. The molecule has 0 bridgehead atoms. The number of anilines is 1. The van der Waals surface area contributed by atoms with E-state index in [1.807, 2.05) is 53.4 Å². The number of hydrogen-bond donors (Lipinski definition) is 1. The molecule has 7 nitrogen and oxygen atoms in total. The van der Waals surface area contributed by atoms with E-state index in [0.29, 0.717) is 24.4 Å². The van der Waals surface area contributed by atoms with E-state index in [2.05, 4.69) is 20.3 Å². The second-order valence-electron chi connectivity index (χ2n) is 8.76. The zero-order valence-corrected chi connectivity index (χ0v) is 20.2. The van der Waals surface area contributed by atoms with Crippen molar-refractivity contribution < 1.29 is 4.79 Å². The van der Waals surface area contributed by atoms with Crippen LogP contribution in [0.25, 0.3) is 10.9 Å². The lowest BCUT2D eigenvalue weighted by atomic mass is 10.1. The van der Waals surface area contributed by atoms with Crippen LogP contribution in [-0.2, 0) is 11.2 Å². The van der Waals surface area contributed by atoms with Crippen molar-refractivity contribution >= 4 is 34.2 Å². The normalized spacial score (nSPS) is 15.5. The van der Waals surface area contributed by atoms with E-state index in [-0.39, 0.29) is 11.9 Å². The van der Waals surface area contributed by atoms with E-state index in [1.165, 1.54) is 0 Å². The Balaban J connectivity index is 1.18. The molecule has 1 N–H and O–H groups in total. The van der Waals surface area contributed by atoms with E-state index >= 15 is 0 Å². The molecule has 0 saturated carbocycles. The van der Waals surface area contributed by atoms with Gasteiger partial charge in [0.2, 0.25) is 5.91 Å². The number of hydrogen-bond acceptors (Lipinski definition) is 6. The third-order valence-corrected chi connectivity index (χ3v) is 6.53. The number of benzene rings is 2. The van der Waals surface area contributed by atoms with Gasteiger partial charge in [0.05, 0.1) is 29.1 Å². The van der Waals surface area contributed by atoms with E-state index in [1.54, 1.807) is 18.7 Å². The van der Waals surface area contributed by atoms with Crippen LogP contribution in [0.4, 0.5) is 5.82 Å². The van der Waals surface area contributed by atoms with Gasteiger partial charge in [-0.2, -0.15) is 0 Å². The fourth-order valence-corrected chi connectivity index (χ4v) is 4.85. The number of carbonyl (C=O) groups is 1. The molecule has 178 valence electrons. The maximum atomic E-state index is 13.1. The molecule has 0 aliphatic carbocycles. The quantitative estimate of drug-likeness (QED) is 0.344. The highest BCUT2D eigenvalue weighted by Gasteiger charge is 2.30. The maximum absolute atomic E-state index is 13.1. The molecular weight excluding hydrogens is 460 g/mol. The Hall–Kier alpha value is -3.58. The van der Waals surface area contributed by atoms with Gasteiger partial charge in [-0.1, -0.05) is 35.9 Å². The smallest absolute Gasteiger partial charge is 0.223 e. The van der Waals surface area contributed by atoms with Gasteiger partial charge in [0, 0.05) is 42.5 Å². The number of para-hydroxylation sites is 1. The van der Waals surface area contributed by atoms with Gasteiger partial charge in [-0.25, -0.2) is 9.97 Å². The van der Waals surface area contributed by atoms with E-state index in [0.717, 1.165) is 59.5 Å². The average Bonchev–Trinajstić information content (AvgIpc) is 3.37. The number of nitrogens with zero attached hydrogens (tertiary/aromatic N) is 5. The lowest BCUT2D eigenvalue weighted by Gasteiger charge is -2.24. The van der Waals surface area contributed by atoms with Crippen molar-refractivity contribution in [3.63, 3.8) is 0 Å². The summed E-state index contributed by atoms with van der Waals surface area (Å²) in [7, 11) is 0. The summed E-state index contributed by atoms with van der Waals surface area (Å²) in [6.45, 7) is 1.42. The molecule has 0 radical (unpaired) electrons. The number of aromatic nitrogens is 4. The highest BCUT2D eigenvalue weighted by molar-refractivity contribution is 6.30. The predicted molar refractivity (Wildman–Crippen MR) is 137 cm³/mol. The topological polar surface area (TPSA) is 83.9 Å². The van der Waals surface area contributed by atoms with E-state index in [9.17, 15) is 4.79 Å². The van der Waals surface area contributed by atoms with Crippen LogP contribution < -0.4 is 5.32 Å².